The lowest BCUT2D eigenvalue weighted by Crippen LogP contribution is -2.06. The first kappa shape index (κ1) is 15.4. The first-order valence-corrected chi connectivity index (χ1v) is 6.58. The molecule has 0 saturated heterocycles. The fraction of sp³-hybridized carbons (Fsp3) is 0.125. The SMILES string of the molecule is CNc1ccc(-c2ccc(NC)cc2C(=O)O)c(C(=O)O)c1. The lowest BCUT2D eigenvalue weighted by molar-refractivity contribution is 0.0684. The lowest BCUT2D eigenvalue weighted by Gasteiger charge is -2.13. The molecule has 0 unspecified atom stereocenters. The van der Waals surface area contributed by atoms with Gasteiger partial charge in [-0.25, -0.2) is 9.59 Å². The van der Waals surface area contributed by atoms with Crippen molar-refractivity contribution in [1.29, 1.82) is 0 Å². The summed E-state index contributed by atoms with van der Waals surface area (Å²) in [5, 5.41) is 24.5. The predicted octanol–water partition coefficient (Wildman–Crippen LogP) is 2.83. The summed E-state index contributed by atoms with van der Waals surface area (Å²) in [7, 11) is 3.37. The summed E-state index contributed by atoms with van der Waals surface area (Å²) in [6, 6.07) is 9.59. The van der Waals surface area contributed by atoms with E-state index in [1.165, 1.54) is 12.1 Å². The van der Waals surface area contributed by atoms with Gasteiger partial charge in [0.15, 0.2) is 0 Å². The summed E-state index contributed by atoms with van der Waals surface area (Å²) < 4.78 is 0. The van der Waals surface area contributed by atoms with Crippen molar-refractivity contribution in [3.63, 3.8) is 0 Å². The van der Waals surface area contributed by atoms with Crippen LogP contribution in [0.15, 0.2) is 36.4 Å². The molecule has 4 N–H and O–H groups in total. The average molecular weight is 300 g/mol. The quantitative estimate of drug-likeness (QED) is 0.677. The molecule has 0 bridgehead atoms. The van der Waals surface area contributed by atoms with Crippen LogP contribution in [0.3, 0.4) is 0 Å². The normalized spacial score (nSPS) is 10.1. The molecule has 2 aromatic carbocycles. The highest BCUT2D eigenvalue weighted by Crippen LogP contribution is 2.31. The van der Waals surface area contributed by atoms with E-state index in [-0.39, 0.29) is 11.1 Å². The number of nitrogens with one attached hydrogen (secondary N) is 2. The Balaban J connectivity index is 2.70. The third-order valence-corrected chi connectivity index (χ3v) is 3.37. The number of carboxylic acid groups (broad SMARTS) is 2. The minimum absolute atomic E-state index is 0.0477. The van der Waals surface area contributed by atoms with E-state index in [0.29, 0.717) is 22.5 Å². The van der Waals surface area contributed by atoms with Gasteiger partial charge in [0.1, 0.15) is 0 Å². The third kappa shape index (κ3) is 2.85. The molecule has 0 amide bonds. The van der Waals surface area contributed by atoms with Gasteiger partial charge in [0.2, 0.25) is 0 Å². The van der Waals surface area contributed by atoms with Crippen molar-refractivity contribution >= 4 is 23.3 Å². The maximum Gasteiger partial charge on any atom is 0.336 e. The molecule has 22 heavy (non-hydrogen) atoms. The number of hydrogen-bond acceptors (Lipinski definition) is 4. The van der Waals surface area contributed by atoms with Crippen LogP contribution in [0.2, 0.25) is 0 Å². The molecule has 0 aromatic heterocycles. The van der Waals surface area contributed by atoms with E-state index in [4.69, 9.17) is 0 Å². The summed E-state index contributed by atoms with van der Waals surface area (Å²) in [6.07, 6.45) is 0. The van der Waals surface area contributed by atoms with Gasteiger partial charge in [0, 0.05) is 25.5 Å². The van der Waals surface area contributed by atoms with Gasteiger partial charge in [-0.1, -0.05) is 12.1 Å². The molecule has 6 heteroatoms. The molecule has 2 aromatic rings. The molecule has 0 spiro atoms. The summed E-state index contributed by atoms with van der Waals surface area (Å²) in [5.74, 6) is -2.22. The van der Waals surface area contributed by atoms with Crippen LogP contribution in [0.25, 0.3) is 11.1 Å². The minimum Gasteiger partial charge on any atom is -0.478 e. The van der Waals surface area contributed by atoms with Gasteiger partial charge in [-0.3, -0.25) is 0 Å². The van der Waals surface area contributed by atoms with Gasteiger partial charge < -0.3 is 20.8 Å². The number of carboxylic acids is 2. The van der Waals surface area contributed by atoms with Gasteiger partial charge in [-0.05, 0) is 35.4 Å². The Kier molecular flexibility index (Phi) is 4.31. The van der Waals surface area contributed by atoms with E-state index in [1.807, 2.05) is 0 Å². The number of benzene rings is 2. The van der Waals surface area contributed by atoms with Gasteiger partial charge >= 0.3 is 11.9 Å². The zero-order valence-electron chi connectivity index (χ0n) is 12.2. The molecule has 0 aliphatic carbocycles. The second-order valence-corrected chi connectivity index (χ2v) is 4.63. The van der Waals surface area contributed by atoms with Crippen LogP contribution in [0, 0.1) is 0 Å². The van der Waals surface area contributed by atoms with Crippen LogP contribution in [-0.4, -0.2) is 36.2 Å². The Bertz CT molecular complexity index is 677. The van der Waals surface area contributed by atoms with Crippen LogP contribution in [0.1, 0.15) is 20.7 Å². The highest BCUT2D eigenvalue weighted by molar-refractivity contribution is 6.03. The van der Waals surface area contributed by atoms with Gasteiger partial charge in [0.25, 0.3) is 0 Å². The average Bonchev–Trinajstić information content (AvgIpc) is 2.53. The zero-order valence-corrected chi connectivity index (χ0v) is 12.2. The van der Waals surface area contributed by atoms with E-state index in [2.05, 4.69) is 10.6 Å². The Morgan fingerprint density at radius 3 is 1.41 bits per heavy atom. The number of aromatic carboxylic acids is 2. The van der Waals surface area contributed by atoms with Crippen molar-refractivity contribution in [1.82, 2.24) is 0 Å². The molecule has 0 atom stereocenters. The maximum absolute atomic E-state index is 11.5. The molecule has 0 heterocycles. The second kappa shape index (κ2) is 6.17. The van der Waals surface area contributed by atoms with Gasteiger partial charge in [0.05, 0.1) is 11.1 Å². The Morgan fingerprint density at radius 2 is 1.14 bits per heavy atom. The molecular formula is C16H16N2O4. The molecule has 0 aliphatic heterocycles. The molecule has 6 nitrogen and oxygen atoms in total. The van der Waals surface area contributed by atoms with Crippen LogP contribution in [-0.2, 0) is 0 Å². The summed E-state index contributed by atoms with van der Waals surface area (Å²) >= 11 is 0. The first-order valence-electron chi connectivity index (χ1n) is 6.58. The summed E-state index contributed by atoms with van der Waals surface area (Å²) in [5.41, 5.74) is 2.12. The zero-order chi connectivity index (χ0) is 16.3. The highest BCUT2D eigenvalue weighted by atomic mass is 16.4. The van der Waals surface area contributed by atoms with Gasteiger partial charge in [-0.2, -0.15) is 0 Å². The second-order valence-electron chi connectivity index (χ2n) is 4.63. The van der Waals surface area contributed by atoms with Crippen LogP contribution in [0.5, 0.6) is 0 Å². The predicted molar refractivity (Wildman–Crippen MR) is 84.9 cm³/mol. The van der Waals surface area contributed by atoms with E-state index in [9.17, 15) is 19.8 Å². The van der Waals surface area contributed by atoms with Crippen molar-refractivity contribution in [2.24, 2.45) is 0 Å². The topological polar surface area (TPSA) is 98.7 Å². The number of carbonyl (C=O) groups is 2. The van der Waals surface area contributed by atoms with Crippen molar-refractivity contribution in [3.8, 4) is 11.1 Å². The molecule has 0 aliphatic rings. The van der Waals surface area contributed by atoms with Crippen LogP contribution < -0.4 is 10.6 Å². The smallest absolute Gasteiger partial charge is 0.336 e. The molecule has 0 radical (unpaired) electrons. The Morgan fingerprint density at radius 1 is 0.773 bits per heavy atom. The van der Waals surface area contributed by atoms with Crippen LogP contribution >= 0.6 is 0 Å². The Labute approximate surface area is 127 Å². The van der Waals surface area contributed by atoms with Crippen LogP contribution in [0.4, 0.5) is 11.4 Å². The van der Waals surface area contributed by atoms with Crippen molar-refractivity contribution < 1.29 is 19.8 Å². The summed E-state index contributed by atoms with van der Waals surface area (Å²) in [4.78, 5) is 23.0. The highest BCUT2D eigenvalue weighted by Gasteiger charge is 2.18. The molecule has 0 fully saturated rings. The lowest BCUT2D eigenvalue weighted by atomic mass is 9.94. The molecule has 2 rings (SSSR count). The minimum atomic E-state index is -1.11. The van der Waals surface area contributed by atoms with Crippen molar-refractivity contribution in [3.05, 3.63) is 47.5 Å². The fourth-order valence-electron chi connectivity index (χ4n) is 2.22. The van der Waals surface area contributed by atoms with Crippen molar-refractivity contribution in [2.45, 2.75) is 0 Å². The van der Waals surface area contributed by atoms with E-state index in [1.54, 1.807) is 38.4 Å². The standard InChI is InChI=1S/C16H16N2O4/c1-17-9-3-5-11(13(7-9)15(19)20)12-6-4-10(18-2)8-14(12)16(21)22/h3-8,17-18H,1-2H3,(H,19,20)(H,21,22). The largest absolute Gasteiger partial charge is 0.478 e. The number of hydrogen-bond donors (Lipinski definition) is 4. The third-order valence-electron chi connectivity index (χ3n) is 3.37. The number of anilines is 2. The Hall–Kier alpha value is -3.02. The molecule has 0 saturated carbocycles. The van der Waals surface area contributed by atoms with E-state index >= 15 is 0 Å². The first-order chi connectivity index (χ1) is 10.5. The maximum atomic E-state index is 11.5. The van der Waals surface area contributed by atoms with E-state index < -0.39 is 11.9 Å². The number of rotatable bonds is 5. The van der Waals surface area contributed by atoms with Gasteiger partial charge in [-0.15, -0.1) is 0 Å². The monoisotopic (exact) mass is 300 g/mol. The fourth-order valence-corrected chi connectivity index (χ4v) is 2.22. The van der Waals surface area contributed by atoms with Crippen molar-refractivity contribution in [2.75, 3.05) is 24.7 Å². The van der Waals surface area contributed by atoms with E-state index in [0.717, 1.165) is 0 Å². The molecular weight excluding hydrogens is 284 g/mol. The molecule has 114 valence electrons. The summed E-state index contributed by atoms with van der Waals surface area (Å²) in [6.45, 7) is 0.